The van der Waals surface area contributed by atoms with E-state index in [2.05, 4.69) is 15.0 Å². The van der Waals surface area contributed by atoms with Crippen LogP contribution in [0, 0.1) is 5.82 Å². The number of carbonyl (C=O) groups excluding carboxylic acids is 1. The third-order valence-electron chi connectivity index (χ3n) is 4.01. The first-order chi connectivity index (χ1) is 12.5. The van der Waals surface area contributed by atoms with Gasteiger partial charge in [0.15, 0.2) is 10.8 Å². The second-order valence-corrected chi connectivity index (χ2v) is 7.26. The molecule has 0 spiro atoms. The molecule has 0 aliphatic heterocycles. The van der Waals surface area contributed by atoms with Crippen LogP contribution in [0.5, 0.6) is 0 Å². The Bertz CT molecular complexity index is 910. The summed E-state index contributed by atoms with van der Waals surface area (Å²) in [7, 11) is 3.98. The SMILES string of the molecule is CCn1ccc(C(=O)N(CCCN(C)C)c2nc3c(F)cccc3s2)n1.Cl. The van der Waals surface area contributed by atoms with Crippen LogP contribution in [0.4, 0.5) is 9.52 Å². The number of aryl methyl sites for hydroxylation is 1. The number of para-hydroxylation sites is 1. The highest BCUT2D eigenvalue weighted by atomic mass is 35.5. The number of hydrogen-bond acceptors (Lipinski definition) is 5. The fourth-order valence-electron chi connectivity index (χ4n) is 2.64. The van der Waals surface area contributed by atoms with Crippen molar-refractivity contribution in [1.29, 1.82) is 0 Å². The van der Waals surface area contributed by atoms with Crippen molar-refractivity contribution < 1.29 is 9.18 Å². The lowest BCUT2D eigenvalue weighted by molar-refractivity contribution is 0.0980. The molecular weight excluding hydrogens is 389 g/mol. The fraction of sp³-hybridized carbons (Fsp3) is 0.389. The van der Waals surface area contributed by atoms with Gasteiger partial charge in [-0.15, -0.1) is 12.4 Å². The van der Waals surface area contributed by atoms with Crippen LogP contribution in [0.25, 0.3) is 10.2 Å². The van der Waals surface area contributed by atoms with E-state index in [1.165, 1.54) is 17.4 Å². The van der Waals surface area contributed by atoms with E-state index in [4.69, 9.17) is 0 Å². The van der Waals surface area contributed by atoms with Crippen molar-refractivity contribution in [2.45, 2.75) is 19.9 Å². The Kier molecular flexibility index (Phi) is 7.29. The lowest BCUT2D eigenvalue weighted by Crippen LogP contribution is -2.33. The van der Waals surface area contributed by atoms with Crippen molar-refractivity contribution in [3.63, 3.8) is 0 Å². The summed E-state index contributed by atoms with van der Waals surface area (Å²) in [5, 5.41) is 4.81. The number of thiazole rings is 1. The predicted octanol–water partition coefficient (Wildman–Crippen LogP) is 3.67. The van der Waals surface area contributed by atoms with E-state index in [1.807, 2.05) is 27.1 Å². The molecule has 0 fully saturated rings. The maximum Gasteiger partial charge on any atom is 0.280 e. The van der Waals surface area contributed by atoms with E-state index in [9.17, 15) is 9.18 Å². The standard InChI is InChI=1S/C18H22FN5OS.ClH/c1-4-23-12-9-14(21-23)17(25)24(11-6-10-22(2)3)18-20-16-13(19)7-5-8-15(16)26-18;/h5,7-9,12H,4,6,10-11H2,1-3H3;1H. The van der Waals surface area contributed by atoms with E-state index in [-0.39, 0.29) is 24.1 Å². The monoisotopic (exact) mass is 411 g/mol. The molecule has 0 radical (unpaired) electrons. The third kappa shape index (κ3) is 4.82. The molecule has 146 valence electrons. The van der Waals surface area contributed by atoms with Gasteiger partial charge in [-0.05, 0) is 52.2 Å². The summed E-state index contributed by atoms with van der Waals surface area (Å²) >= 11 is 1.32. The molecule has 27 heavy (non-hydrogen) atoms. The van der Waals surface area contributed by atoms with Gasteiger partial charge in [-0.1, -0.05) is 17.4 Å². The van der Waals surface area contributed by atoms with Crippen molar-refractivity contribution >= 4 is 45.0 Å². The molecular formula is C18H23ClFN5OS. The number of fused-ring (bicyclic) bond motifs is 1. The third-order valence-corrected chi connectivity index (χ3v) is 5.05. The van der Waals surface area contributed by atoms with E-state index >= 15 is 0 Å². The van der Waals surface area contributed by atoms with Gasteiger partial charge < -0.3 is 4.90 Å². The van der Waals surface area contributed by atoms with Gasteiger partial charge in [0.25, 0.3) is 5.91 Å². The Labute approximate surface area is 168 Å². The highest BCUT2D eigenvalue weighted by Gasteiger charge is 2.23. The smallest absolute Gasteiger partial charge is 0.280 e. The zero-order valence-corrected chi connectivity index (χ0v) is 17.2. The average Bonchev–Trinajstić information content (AvgIpc) is 3.25. The van der Waals surface area contributed by atoms with Crippen LogP contribution >= 0.6 is 23.7 Å². The van der Waals surface area contributed by atoms with Gasteiger partial charge in [-0.2, -0.15) is 5.10 Å². The minimum Gasteiger partial charge on any atom is -0.309 e. The topological polar surface area (TPSA) is 54.3 Å². The lowest BCUT2D eigenvalue weighted by Gasteiger charge is -2.20. The zero-order valence-electron chi connectivity index (χ0n) is 15.6. The number of hydrogen-bond donors (Lipinski definition) is 0. The van der Waals surface area contributed by atoms with Gasteiger partial charge in [0.1, 0.15) is 11.3 Å². The van der Waals surface area contributed by atoms with Crippen LogP contribution in [-0.2, 0) is 6.54 Å². The number of anilines is 1. The molecule has 6 nitrogen and oxygen atoms in total. The number of halogens is 2. The Morgan fingerprint density at radius 2 is 2.04 bits per heavy atom. The molecule has 9 heteroatoms. The van der Waals surface area contributed by atoms with Crippen LogP contribution in [0.3, 0.4) is 0 Å². The molecule has 0 saturated heterocycles. The van der Waals surface area contributed by atoms with E-state index in [1.54, 1.807) is 27.9 Å². The van der Waals surface area contributed by atoms with Crippen molar-refractivity contribution in [2.24, 2.45) is 0 Å². The highest BCUT2D eigenvalue weighted by molar-refractivity contribution is 7.22. The van der Waals surface area contributed by atoms with Gasteiger partial charge in [-0.3, -0.25) is 14.4 Å². The quantitative estimate of drug-likeness (QED) is 0.595. The first-order valence-electron chi connectivity index (χ1n) is 8.54. The van der Waals surface area contributed by atoms with Crippen LogP contribution in [-0.4, -0.2) is 52.8 Å². The number of rotatable bonds is 7. The fourth-order valence-corrected chi connectivity index (χ4v) is 3.64. The van der Waals surface area contributed by atoms with Crippen molar-refractivity contribution in [3.05, 3.63) is 42.0 Å². The van der Waals surface area contributed by atoms with Gasteiger partial charge >= 0.3 is 0 Å². The molecule has 1 amide bonds. The lowest BCUT2D eigenvalue weighted by atomic mass is 10.3. The molecule has 3 rings (SSSR count). The second kappa shape index (κ2) is 9.25. The first kappa shape index (κ1) is 21.3. The van der Waals surface area contributed by atoms with Crippen molar-refractivity contribution in [3.8, 4) is 0 Å². The maximum absolute atomic E-state index is 14.0. The second-order valence-electron chi connectivity index (χ2n) is 6.25. The van der Waals surface area contributed by atoms with E-state index in [0.717, 1.165) is 17.7 Å². The van der Waals surface area contributed by atoms with Gasteiger partial charge in [-0.25, -0.2) is 9.37 Å². The first-order valence-corrected chi connectivity index (χ1v) is 9.36. The number of benzene rings is 1. The van der Waals surface area contributed by atoms with Crippen LogP contribution < -0.4 is 4.90 Å². The summed E-state index contributed by atoms with van der Waals surface area (Å²) in [6, 6.07) is 6.56. The number of carbonyl (C=O) groups is 1. The molecule has 2 heterocycles. The van der Waals surface area contributed by atoms with Crippen molar-refractivity contribution in [1.82, 2.24) is 19.7 Å². The predicted molar refractivity (Wildman–Crippen MR) is 110 cm³/mol. The van der Waals surface area contributed by atoms with Crippen LogP contribution in [0.2, 0.25) is 0 Å². The average molecular weight is 412 g/mol. The minimum absolute atomic E-state index is 0. The molecule has 0 aliphatic carbocycles. The normalized spacial score (nSPS) is 11.0. The summed E-state index contributed by atoms with van der Waals surface area (Å²) in [6.07, 6.45) is 2.56. The largest absolute Gasteiger partial charge is 0.309 e. The van der Waals surface area contributed by atoms with Gasteiger partial charge in [0.2, 0.25) is 0 Å². The Hall–Kier alpha value is -2.03. The van der Waals surface area contributed by atoms with Gasteiger partial charge in [0, 0.05) is 19.3 Å². The maximum atomic E-state index is 14.0. The molecule has 2 aromatic heterocycles. The van der Waals surface area contributed by atoms with Crippen LogP contribution in [0.15, 0.2) is 30.5 Å². The molecule has 0 atom stereocenters. The summed E-state index contributed by atoms with van der Waals surface area (Å²) in [5.41, 5.74) is 0.674. The summed E-state index contributed by atoms with van der Waals surface area (Å²) in [4.78, 5) is 21.1. The van der Waals surface area contributed by atoms with E-state index in [0.29, 0.717) is 29.4 Å². The summed E-state index contributed by atoms with van der Waals surface area (Å²) in [5.74, 6) is -0.587. The number of amides is 1. The Morgan fingerprint density at radius 3 is 2.67 bits per heavy atom. The Balaban J connectivity index is 0.00000261. The molecule has 0 N–H and O–H groups in total. The van der Waals surface area contributed by atoms with Crippen molar-refractivity contribution in [2.75, 3.05) is 32.1 Å². The van der Waals surface area contributed by atoms with Gasteiger partial charge in [0.05, 0.1) is 4.70 Å². The zero-order chi connectivity index (χ0) is 18.7. The molecule has 0 saturated carbocycles. The molecule has 0 aliphatic rings. The number of nitrogens with zero attached hydrogens (tertiary/aromatic N) is 5. The highest BCUT2D eigenvalue weighted by Crippen LogP contribution is 2.31. The molecule has 3 aromatic rings. The summed E-state index contributed by atoms with van der Waals surface area (Å²) in [6.45, 7) is 4.00. The number of aromatic nitrogens is 3. The Morgan fingerprint density at radius 1 is 1.26 bits per heavy atom. The van der Waals surface area contributed by atoms with Crippen LogP contribution in [0.1, 0.15) is 23.8 Å². The summed E-state index contributed by atoms with van der Waals surface area (Å²) < 4.78 is 16.5. The minimum atomic E-state index is -0.374. The molecule has 1 aromatic carbocycles. The molecule has 0 bridgehead atoms. The molecule has 0 unspecified atom stereocenters. The van der Waals surface area contributed by atoms with E-state index < -0.39 is 0 Å².